The SMILES string of the molecule is CCC(C)SCc1nc(CCN)n[nH]1. The Morgan fingerprint density at radius 3 is 3.00 bits per heavy atom. The summed E-state index contributed by atoms with van der Waals surface area (Å²) in [4.78, 5) is 4.34. The fourth-order valence-electron chi connectivity index (χ4n) is 0.979. The molecule has 4 nitrogen and oxygen atoms in total. The number of hydrogen-bond donors (Lipinski definition) is 2. The number of nitrogens with zero attached hydrogens (tertiary/aromatic N) is 2. The van der Waals surface area contributed by atoms with Crippen molar-refractivity contribution in [2.45, 2.75) is 37.7 Å². The lowest BCUT2D eigenvalue weighted by Gasteiger charge is -2.04. The second-order valence-corrected chi connectivity index (χ2v) is 4.69. The van der Waals surface area contributed by atoms with Gasteiger partial charge in [0.15, 0.2) is 5.82 Å². The summed E-state index contributed by atoms with van der Waals surface area (Å²) in [6, 6.07) is 0. The van der Waals surface area contributed by atoms with Gasteiger partial charge in [0, 0.05) is 11.7 Å². The quantitative estimate of drug-likeness (QED) is 0.750. The summed E-state index contributed by atoms with van der Waals surface area (Å²) < 4.78 is 0. The number of nitrogens with two attached hydrogens (primary N) is 1. The van der Waals surface area contributed by atoms with E-state index in [9.17, 15) is 0 Å². The van der Waals surface area contributed by atoms with Crippen LogP contribution in [0.1, 0.15) is 31.9 Å². The third-order valence-corrected chi connectivity index (χ3v) is 3.37. The summed E-state index contributed by atoms with van der Waals surface area (Å²) in [5.74, 6) is 2.69. The number of nitrogens with one attached hydrogen (secondary N) is 1. The highest BCUT2D eigenvalue weighted by atomic mass is 32.2. The van der Waals surface area contributed by atoms with Gasteiger partial charge in [0.05, 0.1) is 5.75 Å². The van der Waals surface area contributed by atoms with E-state index in [1.165, 1.54) is 6.42 Å². The zero-order valence-electron chi connectivity index (χ0n) is 8.79. The Kier molecular flexibility index (Phi) is 4.97. The predicted molar refractivity (Wildman–Crippen MR) is 60.2 cm³/mol. The molecule has 1 unspecified atom stereocenters. The van der Waals surface area contributed by atoms with Crippen LogP contribution in [0.4, 0.5) is 0 Å². The summed E-state index contributed by atoms with van der Waals surface area (Å²) in [5, 5.41) is 7.69. The number of aromatic nitrogens is 3. The van der Waals surface area contributed by atoms with Gasteiger partial charge < -0.3 is 5.73 Å². The van der Waals surface area contributed by atoms with Crippen molar-refractivity contribution in [3.05, 3.63) is 11.6 Å². The first-order valence-electron chi connectivity index (χ1n) is 4.98. The van der Waals surface area contributed by atoms with E-state index in [0.29, 0.717) is 11.8 Å². The monoisotopic (exact) mass is 214 g/mol. The van der Waals surface area contributed by atoms with Gasteiger partial charge in [-0.05, 0) is 13.0 Å². The molecule has 1 aromatic heterocycles. The van der Waals surface area contributed by atoms with Gasteiger partial charge in [-0.3, -0.25) is 5.10 Å². The largest absolute Gasteiger partial charge is 0.330 e. The molecule has 1 aromatic rings. The van der Waals surface area contributed by atoms with Gasteiger partial charge in [-0.2, -0.15) is 16.9 Å². The summed E-state index contributed by atoms with van der Waals surface area (Å²) in [5.41, 5.74) is 5.41. The van der Waals surface area contributed by atoms with E-state index < -0.39 is 0 Å². The fraction of sp³-hybridized carbons (Fsp3) is 0.778. The van der Waals surface area contributed by atoms with E-state index in [1.54, 1.807) is 0 Å². The average molecular weight is 214 g/mol. The Morgan fingerprint density at radius 2 is 2.36 bits per heavy atom. The van der Waals surface area contributed by atoms with Crippen LogP contribution in [0.25, 0.3) is 0 Å². The van der Waals surface area contributed by atoms with Crippen LogP contribution in [0.3, 0.4) is 0 Å². The van der Waals surface area contributed by atoms with Crippen LogP contribution in [0.5, 0.6) is 0 Å². The average Bonchev–Trinajstić information content (AvgIpc) is 2.63. The van der Waals surface area contributed by atoms with Gasteiger partial charge in [-0.1, -0.05) is 13.8 Å². The zero-order valence-corrected chi connectivity index (χ0v) is 9.60. The maximum atomic E-state index is 5.41. The van der Waals surface area contributed by atoms with Gasteiger partial charge in [-0.15, -0.1) is 0 Å². The molecule has 0 aromatic carbocycles. The molecule has 80 valence electrons. The maximum Gasteiger partial charge on any atom is 0.151 e. The van der Waals surface area contributed by atoms with Gasteiger partial charge in [0.25, 0.3) is 0 Å². The van der Waals surface area contributed by atoms with Crippen LogP contribution in [0.15, 0.2) is 0 Å². The molecule has 1 heterocycles. The fourth-order valence-corrected chi connectivity index (χ4v) is 1.79. The van der Waals surface area contributed by atoms with Crippen molar-refractivity contribution in [3.8, 4) is 0 Å². The second kappa shape index (κ2) is 6.03. The highest BCUT2D eigenvalue weighted by Crippen LogP contribution is 2.17. The van der Waals surface area contributed by atoms with E-state index in [2.05, 4.69) is 29.0 Å². The third kappa shape index (κ3) is 3.67. The van der Waals surface area contributed by atoms with Crippen LogP contribution in [0, 0.1) is 0 Å². The first-order valence-corrected chi connectivity index (χ1v) is 6.03. The molecule has 14 heavy (non-hydrogen) atoms. The molecule has 0 saturated carbocycles. The molecule has 0 radical (unpaired) electrons. The molecule has 5 heteroatoms. The van der Waals surface area contributed by atoms with Crippen LogP contribution >= 0.6 is 11.8 Å². The molecule has 0 bridgehead atoms. The van der Waals surface area contributed by atoms with Crippen LogP contribution in [-0.4, -0.2) is 27.0 Å². The summed E-state index contributed by atoms with van der Waals surface area (Å²) >= 11 is 1.90. The smallest absolute Gasteiger partial charge is 0.151 e. The van der Waals surface area contributed by atoms with Crippen LogP contribution in [-0.2, 0) is 12.2 Å². The molecule has 0 amide bonds. The van der Waals surface area contributed by atoms with Crippen LogP contribution in [0.2, 0.25) is 0 Å². The highest BCUT2D eigenvalue weighted by molar-refractivity contribution is 7.99. The molecule has 0 spiro atoms. The Labute approximate surface area is 89.1 Å². The van der Waals surface area contributed by atoms with E-state index in [4.69, 9.17) is 5.73 Å². The number of rotatable bonds is 6. The summed E-state index contributed by atoms with van der Waals surface area (Å²) in [7, 11) is 0. The Hall–Kier alpha value is -0.550. The van der Waals surface area contributed by atoms with Crippen molar-refractivity contribution in [2.75, 3.05) is 6.54 Å². The van der Waals surface area contributed by atoms with Gasteiger partial charge in [0.1, 0.15) is 5.82 Å². The minimum absolute atomic E-state index is 0.607. The van der Waals surface area contributed by atoms with Crippen molar-refractivity contribution in [1.29, 1.82) is 0 Å². The number of hydrogen-bond acceptors (Lipinski definition) is 4. The standard InChI is InChI=1S/C9H18N4S/c1-3-7(2)14-6-9-11-8(4-5-10)12-13-9/h7H,3-6,10H2,1-2H3,(H,11,12,13). The highest BCUT2D eigenvalue weighted by Gasteiger charge is 2.04. The molecule has 1 rings (SSSR count). The third-order valence-electron chi connectivity index (χ3n) is 2.03. The van der Waals surface area contributed by atoms with Gasteiger partial charge in [-0.25, -0.2) is 4.98 Å². The number of aromatic amines is 1. The predicted octanol–water partition coefficient (Wildman–Crippen LogP) is 1.34. The van der Waals surface area contributed by atoms with Crippen molar-refractivity contribution < 1.29 is 0 Å². The maximum absolute atomic E-state index is 5.41. The lowest BCUT2D eigenvalue weighted by Crippen LogP contribution is -2.04. The number of H-pyrrole nitrogens is 1. The topological polar surface area (TPSA) is 67.6 Å². The molecule has 0 aliphatic heterocycles. The van der Waals surface area contributed by atoms with Crippen molar-refractivity contribution in [3.63, 3.8) is 0 Å². The van der Waals surface area contributed by atoms with Gasteiger partial charge >= 0.3 is 0 Å². The zero-order chi connectivity index (χ0) is 10.4. The normalized spacial score (nSPS) is 13.1. The first-order chi connectivity index (χ1) is 6.76. The lowest BCUT2D eigenvalue weighted by molar-refractivity contribution is 0.874. The summed E-state index contributed by atoms with van der Waals surface area (Å²) in [6.07, 6.45) is 1.94. The minimum Gasteiger partial charge on any atom is -0.330 e. The molecule has 0 fully saturated rings. The van der Waals surface area contributed by atoms with Gasteiger partial charge in [0.2, 0.25) is 0 Å². The molecule has 1 atom stereocenters. The second-order valence-electron chi connectivity index (χ2n) is 3.27. The molecule has 0 aliphatic rings. The molecule has 3 N–H and O–H groups in total. The van der Waals surface area contributed by atoms with E-state index in [-0.39, 0.29) is 0 Å². The Morgan fingerprint density at radius 1 is 1.57 bits per heavy atom. The molecule has 0 aliphatic carbocycles. The van der Waals surface area contributed by atoms with E-state index in [0.717, 1.165) is 23.8 Å². The number of thioether (sulfide) groups is 1. The Bertz CT molecular complexity index is 261. The summed E-state index contributed by atoms with van der Waals surface area (Å²) in [6.45, 7) is 5.02. The van der Waals surface area contributed by atoms with Crippen molar-refractivity contribution >= 4 is 11.8 Å². The van der Waals surface area contributed by atoms with Crippen molar-refractivity contribution in [2.24, 2.45) is 5.73 Å². The molecule has 0 saturated heterocycles. The van der Waals surface area contributed by atoms with Crippen molar-refractivity contribution in [1.82, 2.24) is 15.2 Å². The van der Waals surface area contributed by atoms with E-state index in [1.807, 2.05) is 11.8 Å². The van der Waals surface area contributed by atoms with Crippen LogP contribution < -0.4 is 5.73 Å². The molecular formula is C9H18N4S. The molecular weight excluding hydrogens is 196 g/mol. The van der Waals surface area contributed by atoms with E-state index >= 15 is 0 Å². The first kappa shape index (κ1) is 11.5. The minimum atomic E-state index is 0.607. The Balaban J connectivity index is 2.35. The lowest BCUT2D eigenvalue weighted by atomic mass is 10.4.